The van der Waals surface area contributed by atoms with Gasteiger partial charge in [-0.15, -0.1) is 0 Å². The number of H-pyrrole nitrogens is 1. The highest BCUT2D eigenvalue weighted by atomic mass is 32.1. The topological polar surface area (TPSA) is 96.7 Å². The molecule has 0 fully saturated rings. The van der Waals surface area contributed by atoms with Crippen molar-refractivity contribution in [2.24, 2.45) is 5.73 Å². The largest absolute Gasteiger partial charge is 0.366 e. The summed E-state index contributed by atoms with van der Waals surface area (Å²) < 4.78 is 0.295. The van der Waals surface area contributed by atoms with E-state index in [1.807, 2.05) is 0 Å². The van der Waals surface area contributed by atoms with Gasteiger partial charge in [0.05, 0.1) is 6.20 Å². The van der Waals surface area contributed by atoms with Crippen molar-refractivity contribution in [3.63, 3.8) is 0 Å². The number of carbonyl (C=O) groups is 1. The zero-order chi connectivity index (χ0) is 12.3. The lowest BCUT2D eigenvalue weighted by atomic mass is 10.2. The van der Waals surface area contributed by atoms with Crippen LogP contribution >= 0.6 is 12.2 Å². The summed E-state index contributed by atoms with van der Waals surface area (Å²) in [7, 11) is 0. The molecule has 0 aliphatic rings. The molecule has 0 radical (unpaired) electrons. The Labute approximate surface area is 102 Å². The Morgan fingerprint density at radius 1 is 1.35 bits per heavy atom. The summed E-state index contributed by atoms with van der Waals surface area (Å²) in [6.07, 6.45) is 1.51. The van der Waals surface area contributed by atoms with E-state index in [-0.39, 0.29) is 0 Å². The standard InChI is InChI=1S/C10H9N5OS/c11-9(16)6-1-3-7(4-2-6)13-8-5-12-15-10(17)14-8/h1-5H,(H2,11,16)(H2,13,14,15,17). The van der Waals surface area contributed by atoms with Gasteiger partial charge in [-0.25, -0.2) is 0 Å². The van der Waals surface area contributed by atoms with Crippen molar-refractivity contribution in [1.29, 1.82) is 0 Å². The van der Waals surface area contributed by atoms with Crippen LogP contribution in [-0.4, -0.2) is 21.1 Å². The molecule has 1 amide bonds. The van der Waals surface area contributed by atoms with Crippen LogP contribution in [0.3, 0.4) is 0 Å². The van der Waals surface area contributed by atoms with Crippen molar-refractivity contribution >= 4 is 29.6 Å². The quantitative estimate of drug-likeness (QED) is 0.712. The van der Waals surface area contributed by atoms with Crippen LogP contribution in [0, 0.1) is 4.77 Å². The number of nitrogens with one attached hydrogen (secondary N) is 2. The van der Waals surface area contributed by atoms with Gasteiger partial charge in [-0.05, 0) is 36.5 Å². The first kappa shape index (κ1) is 11.2. The Kier molecular flexibility index (Phi) is 3.10. The maximum atomic E-state index is 10.9. The summed E-state index contributed by atoms with van der Waals surface area (Å²) in [5, 5.41) is 9.33. The zero-order valence-corrected chi connectivity index (χ0v) is 9.49. The summed E-state index contributed by atoms with van der Waals surface area (Å²) in [6, 6.07) is 6.70. The monoisotopic (exact) mass is 247 g/mol. The van der Waals surface area contributed by atoms with E-state index in [2.05, 4.69) is 20.5 Å². The Morgan fingerprint density at radius 2 is 2.06 bits per heavy atom. The highest BCUT2D eigenvalue weighted by Gasteiger charge is 2.00. The van der Waals surface area contributed by atoms with Crippen molar-refractivity contribution in [3.05, 3.63) is 40.8 Å². The summed E-state index contributed by atoms with van der Waals surface area (Å²) in [4.78, 5) is 14.9. The third kappa shape index (κ3) is 2.85. The van der Waals surface area contributed by atoms with E-state index >= 15 is 0 Å². The zero-order valence-electron chi connectivity index (χ0n) is 8.68. The minimum absolute atomic E-state index is 0.295. The highest BCUT2D eigenvalue weighted by Crippen LogP contribution is 2.13. The van der Waals surface area contributed by atoms with Crippen molar-refractivity contribution in [2.75, 3.05) is 5.32 Å². The number of nitrogens with two attached hydrogens (primary N) is 1. The molecule has 1 heterocycles. The molecule has 17 heavy (non-hydrogen) atoms. The van der Waals surface area contributed by atoms with Gasteiger partial charge in [0.1, 0.15) is 0 Å². The van der Waals surface area contributed by atoms with Crippen molar-refractivity contribution < 1.29 is 4.79 Å². The second kappa shape index (κ2) is 4.71. The third-order valence-corrected chi connectivity index (χ3v) is 2.19. The maximum absolute atomic E-state index is 10.9. The van der Waals surface area contributed by atoms with E-state index in [0.717, 1.165) is 5.69 Å². The van der Waals surface area contributed by atoms with Gasteiger partial charge in [0, 0.05) is 11.3 Å². The molecule has 0 atom stereocenters. The van der Waals surface area contributed by atoms with Gasteiger partial charge in [0.25, 0.3) is 0 Å². The highest BCUT2D eigenvalue weighted by molar-refractivity contribution is 7.71. The lowest BCUT2D eigenvalue weighted by Crippen LogP contribution is -2.10. The molecule has 2 rings (SSSR count). The van der Waals surface area contributed by atoms with Crippen LogP contribution in [0.2, 0.25) is 0 Å². The van der Waals surface area contributed by atoms with Crippen LogP contribution in [0.4, 0.5) is 11.5 Å². The fraction of sp³-hybridized carbons (Fsp3) is 0. The molecular formula is C10H9N5OS. The molecule has 86 valence electrons. The Balaban J connectivity index is 2.19. The lowest BCUT2D eigenvalue weighted by molar-refractivity contribution is 0.100. The number of nitrogens with zero attached hydrogens (tertiary/aromatic N) is 2. The Morgan fingerprint density at radius 3 is 2.65 bits per heavy atom. The van der Waals surface area contributed by atoms with Gasteiger partial charge in [-0.3, -0.25) is 9.89 Å². The van der Waals surface area contributed by atoms with Crippen LogP contribution in [0.1, 0.15) is 10.4 Å². The van der Waals surface area contributed by atoms with Gasteiger partial charge in [-0.2, -0.15) is 10.1 Å². The molecule has 0 unspecified atom stereocenters. The molecular weight excluding hydrogens is 238 g/mol. The summed E-state index contributed by atoms with van der Waals surface area (Å²) in [5.41, 5.74) is 6.36. The van der Waals surface area contributed by atoms with Crippen molar-refractivity contribution in [3.8, 4) is 0 Å². The van der Waals surface area contributed by atoms with E-state index in [0.29, 0.717) is 16.2 Å². The minimum atomic E-state index is -0.460. The number of aromatic nitrogens is 3. The number of primary amides is 1. The van der Waals surface area contributed by atoms with Crippen LogP contribution in [0.25, 0.3) is 0 Å². The van der Waals surface area contributed by atoms with Gasteiger partial charge in [0.2, 0.25) is 10.7 Å². The molecule has 0 aliphatic heterocycles. The maximum Gasteiger partial charge on any atom is 0.248 e. The summed E-state index contributed by atoms with van der Waals surface area (Å²) in [6.45, 7) is 0. The first-order valence-electron chi connectivity index (χ1n) is 4.74. The second-order valence-electron chi connectivity index (χ2n) is 3.24. The fourth-order valence-corrected chi connectivity index (χ4v) is 1.39. The average Bonchev–Trinajstić information content (AvgIpc) is 2.29. The smallest absolute Gasteiger partial charge is 0.248 e. The molecule has 0 saturated carbocycles. The number of amides is 1. The van der Waals surface area contributed by atoms with E-state index in [9.17, 15) is 4.79 Å². The lowest BCUT2D eigenvalue weighted by Gasteiger charge is -2.04. The van der Waals surface area contributed by atoms with Crippen LogP contribution in [0.15, 0.2) is 30.5 Å². The van der Waals surface area contributed by atoms with Gasteiger partial charge < -0.3 is 11.1 Å². The normalized spacial score (nSPS) is 9.88. The van der Waals surface area contributed by atoms with E-state index in [1.165, 1.54) is 6.20 Å². The molecule has 6 nitrogen and oxygen atoms in total. The second-order valence-corrected chi connectivity index (χ2v) is 3.63. The predicted molar refractivity (Wildman–Crippen MR) is 65.5 cm³/mol. The molecule has 0 aliphatic carbocycles. The van der Waals surface area contributed by atoms with E-state index in [1.54, 1.807) is 24.3 Å². The summed E-state index contributed by atoms with van der Waals surface area (Å²) >= 11 is 4.84. The molecule has 1 aromatic heterocycles. The Hall–Kier alpha value is -2.28. The van der Waals surface area contributed by atoms with Crippen LogP contribution in [0.5, 0.6) is 0 Å². The molecule has 4 N–H and O–H groups in total. The number of carbonyl (C=O) groups excluding carboxylic acids is 1. The third-order valence-electron chi connectivity index (χ3n) is 2.01. The number of hydrogen-bond acceptors (Lipinski definition) is 5. The first-order valence-corrected chi connectivity index (χ1v) is 5.14. The molecule has 7 heteroatoms. The van der Waals surface area contributed by atoms with Crippen LogP contribution in [-0.2, 0) is 0 Å². The predicted octanol–water partition coefficient (Wildman–Crippen LogP) is 1.38. The number of aromatic amines is 1. The molecule has 0 saturated heterocycles. The molecule has 0 bridgehead atoms. The number of anilines is 2. The van der Waals surface area contributed by atoms with Crippen molar-refractivity contribution in [1.82, 2.24) is 15.2 Å². The number of rotatable bonds is 3. The fourth-order valence-electron chi connectivity index (χ4n) is 1.24. The molecule has 2 aromatic rings. The average molecular weight is 247 g/mol. The number of benzene rings is 1. The van der Waals surface area contributed by atoms with Gasteiger partial charge in [-0.1, -0.05) is 0 Å². The molecule has 1 aromatic carbocycles. The van der Waals surface area contributed by atoms with Crippen molar-refractivity contribution in [2.45, 2.75) is 0 Å². The van der Waals surface area contributed by atoms with E-state index in [4.69, 9.17) is 18.0 Å². The Bertz CT molecular complexity index is 592. The van der Waals surface area contributed by atoms with E-state index < -0.39 is 5.91 Å². The van der Waals surface area contributed by atoms with Gasteiger partial charge >= 0.3 is 0 Å². The number of hydrogen-bond donors (Lipinski definition) is 3. The minimum Gasteiger partial charge on any atom is -0.366 e. The van der Waals surface area contributed by atoms with Gasteiger partial charge in [0.15, 0.2) is 5.82 Å². The summed E-state index contributed by atoms with van der Waals surface area (Å²) in [5.74, 6) is 0.0686. The first-order chi connectivity index (χ1) is 8.15. The van der Waals surface area contributed by atoms with Crippen LogP contribution < -0.4 is 11.1 Å². The SMILES string of the molecule is NC(=O)c1ccc(Nc2cn[nH]c(=S)n2)cc1. The molecule has 0 spiro atoms.